The summed E-state index contributed by atoms with van der Waals surface area (Å²) in [6.45, 7) is 0. The SMILES string of the molecule is COC1=CC=C2N=C(c3cccc([N+](=O)[O-])c3)NC(=O)C2C1. The molecule has 1 aliphatic heterocycles. The third kappa shape index (κ3) is 2.48. The van der Waals surface area contributed by atoms with Gasteiger partial charge in [-0.15, -0.1) is 0 Å². The molecule has 1 aromatic carbocycles. The number of methoxy groups -OCH3 is 1. The molecule has 112 valence electrons. The second-order valence-corrected chi connectivity index (χ2v) is 4.94. The second kappa shape index (κ2) is 5.44. The van der Waals surface area contributed by atoms with Crippen molar-refractivity contribution >= 4 is 17.4 Å². The van der Waals surface area contributed by atoms with Crippen molar-refractivity contribution in [2.45, 2.75) is 6.42 Å². The summed E-state index contributed by atoms with van der Waals surface area (Å²) < 4.78 is 5.16. The first-order valence-electron chi connectivity index (χ1n) is 6.67. The van der Waals surface area contributed by atoms with Crippen LogP contribution in [0, 0.1) is 16.0 Å². The number of hydrogen-bond acceptors (Lipinski definition) is 5. The monoisotopic (exact) mass is 299 g/mol. The van der Waals surface area contributed by atoms with Gasteiger partial charge in [-0.1, -0.05) is 12.1 Å². The van der Waals surface area contributed by atoms with Gasteiger partial charge in [0.15, 0.2) is 0 Å². The van der Waals surface area contributed by atoms with E-state index < -0.39 is 4.92 Å². The zero-order valence-electron chi connectivity index (χ0n) is 11.8. The highest BCUT2D eigenvalue weighted by atomic mass is 16.6. The molecule has 0 aromatic heterocycles. The molecule has 3 rings (SSSR count). The molecule has 0 radical (unpaired) electrons. The van der Waals surface area contributed by atoms with Crippen molar-refractivity contribution in [3.05, 3.63) is 63.6 Å². The topological polar surface area (TPSA) is 93.8 Å². The largest absolute Gasteiger partial charge is 0.501 e. The van der Waals surface area contributed by atoms with Gasteiger partial charge in [0, 0.05) is 24.1 Å². The van der Waals surface area contributed by atoms with Crippen molar-refractivity contribution in [1.29, 1.82) is 0 Å². The fourth-order valence-electron chi connectivity index (χ4n) is 2.43. The molecule has 7 nitrogen and oxygen atoms in total. The molecule has 1 heterocycles. The average Bonchev–Trinajstić information content (AvgIpc) is 2.54. The van der Waals surface area contributed by atoms with E-state index in [2.05, 4.69) is 10.3 Å². The molecule has 0 fully saturated rings. The molecule has 7 heteroatoms. The van der Waals surface area contributed by atoms with Crippen LogP contribution in [0.1, 0.15) is 12.0 Å². The number of non-ortho nitro benzene ring substituents is 1. The fourth-order valence-corrected chi connectivity index (χ4v) is 2.43. The Bertz CT molecular complexity index is 749. The zero-order valence-corrected chi connectivity index (χ0v) is 11.8. The smallest absolute Gasteiger partial charge is 0.270 e. The van der Waals surface area contributed by atoms with Gasteiger partial charge in [-0.25, -0.2) is 4.99 Å². The molecule has 2 aliphatic rings. The summed E-state index contributed by atoms with van der Waals surface area (Å²) in [5.41, 5.74) is 1.09. The number of nitro benzene ring substituents is 1. The Kier molecular flexibility index (Phi) is 3.46. The van der Waals surface area contributed by atoms with Gasteiger partial charge < -0.3 is 10.1 Å². The molecule has 1 aliphatic carbocycles. The van der Waals surface area contributed by atoms with Gasteiger partial charge in [0.25, 0.3) is 5.69 Å². The Hall–Kier alpha value is -2.96. The van der Waals surface area contributed by atoms with E-state index >= 15 is 0 Å². The van der Waals surface area contributed by atoms with Crippen molar-refractivity contribution in [3.63, 3.8) is 0 Å². The summed E-state index contributed by atoms with van der Waals surface area (Å²) in [6.07, 6.45) is 3.97. The van der Waals surface area contributed by atoms with Crippen LogP contribution >= 0.6 is 0 Å². The first kappa shape index (κ1) is 14.0. The average molecular weight is 299 g/mol. The van der Waals surface area contributed by atoms with Crippen LogP contribution in [0.3, 0.4) is 0 Å². The molecular formula is C15H13N3O4. The van der Waals surface area contributed by atoms with Crippen molar-refractivity contribution in [1.82, 2.24) is 5.32 Å². The highest BCUT2D eigenvalue weighted by Crippen LogP contribution is 2.29. The minimum absolute atomic E-state index is 0.0456. The Labute approximate surface area is 126 Å². The number of carbonyl (C=O) groups is 1. The normalized spacial score (nSPS) is 20.1. The molecule has 0 saturated heterocycles. The minimum Gasteiger partial charge on any atom is -0.501 e. The Morgan fingerprint density at radius 2 is 2.23 bits per heavy atom. The van der Waals surface area contributed by atoms with Crippen LogP contribution in [0.5, 0.6) is 0 Å². The second-order valence-electron chi connectivity index (χ2n) is 4.94. The zero-order chi connectivity index (χ0) is 15.7. The summed E-state index contributed by atoms with van der Waals surface area (Å²) in [6, 6.07) is 6.02. The third-order valence-corrected chi connectivity index (χ3v) is 3.59. The highest BCUT2D eigenvalue weighted by molar-refractivity contribution is 6.11. The van der Waals surface area contributed by atoms with E-state index in [4.69, 9.17) is 4.74 Å². The van der Waals surface area contributed by atoms with Crippen molar-refractivity contribution in [2.75, 3.05) is 7.11 Å². The van der Waals surface area contributed by atoms with Crippen LogP contribution in [0.4, 0.5) is 5.69 Å². The van der Waals surface area contributed by atoms with Crippen LogP contribution in [0.25, 0.3) is 0 Å². The molecule has 1 N–H and O–H groups in total. The number of aliphatic imine (C=N–C) groups is 1. The van der Waals surface area contributed by atoms with Crippen LogP contribution < -0.4 is 5.32 Å². The molecule has 22 heavy (non-hydrogen) atoms. The lowest BCUT2D eigenvalue weighted by Crippen LogP contribution is -2.41. The van der Waals surface area contributed by atoms with E-state index in [0.29, 0.717) is 23.5 Å². The summed E-state index contributed by atoms with van der Waals surface area (Å²) in [4.78, 5) is 27.0. The van der Waals surface area contributed by atoms with Gasteiger partial charge in [0.2, 0.25) is 5.91 Å². The van der Waals surface area contributed by atoms with Crippen LogP contribution in [-0.4, -0.2) is 23.8 Å². The molecular weight excluding hydrogens is 286 g/mol. The maximum atomic E-state index is 12.2. The Balaban J connectivity index is 1.99. The number of allylic oxidation sites excluding steroid dienone is 3. The predicted molar refractivity (Wildman–Crippen MR) is 79.1 cm³/mol. The number of hydrogen-bond donors (Lipinski definition) is 1. The molecule has 1 amide bonds. The molecule has 0 bridgehead atoms. The van der Waals surface area contributed by atoms with E-state index in [1.165, 1.54) is 12.1 Å². The number of ether oxygens (including phenoxy) is 1. The van der Waals surface area contributed by atoms with Crippen molar-refractivity contribution < 1.29 is 14.5 Å². The number of nitrogens with one attached hydrogen (secondary N) is 1. The fraction of sp³-hybridized carbons (Fsp3) is 0.200. The number of benzene rings is 1. The number of rotatable bonds is 3. The molecule has 1 unspecified atom stereocenters. The number of amides is 1. The van der Waals surface area contributed by atoms with E-state index in [0.717, 1.165) is 5.76 Å². The first-order chi connectivity index (χ1) is 10.6. The number of fused-ring (bicyclic) bond motifs is 1. The highest BCUT2D eigenvalue weighted by Gasteiger charge is 2.32. The maximum Gasteiger partial charge on any atom is 0.270 e. The Morgan fingerprint density at radius 1 is 1.41 bits per heavy atom. The summed E-state index contributed by atoms with van der Waals surface area (Å²) in [7, 11) is 1.56. The van der Waals surface area contributed by atoms with Gasteiger partial charge in [-0.2, -0.15) is 0 Å². The van der Waals surface area contributed by atoms with Gasteiger partial charge in [0.05, 0.1) is 29.4 Å². The number of amidine groups is 1. The molecule has 0 spiro atoms. The number of carbonyl (C=O) groups excluding carboxylic acids is 1. The van der Waals surface area contributed by atoms with Crippen molar-refractivity contribution in [2.24, 2.45) is 10.9 Å². The van der Waals surface area contributed by atoms with E-state index in [1.54, 1.807) is 31.4 Å². The summed E-state index contributed by atoms with van der Waals surface area (Å²) in [5.74, 6) is 0.469. The number of nitrogens with zero attached hydrogens (tertiary/aromatic N) is 2. The van der Waals surface area contributed by atoms with E-state index in [-0.39, 0.29) is 17.5 Å². The Morgan fingerprint density at radius 3 is 2.95 bits per heavy atom. The lowest BCUT2D eigenvalue weighted by molar-refractivity contribution is -0.384. The van der Waals surface area contributed by atoms with E-state index in [9.17, 15) is 14.9 Å². The molecule has 1 atom stereocenters. The summed E-state index contributed by atoms with van der Waals surface area (Å²) >= 11 is 0. The molecule has 1 aromatic rings. The minimum atomic E-state index is -0.481. The summed E-state index contributed by atoms with van der Waals surface area (Å²) in [5, 5.41) is 13.6. The lowest BCUT2D eigenvalue weighted by Gasteiger charge is -2.26. The van der Waals surface area contributed by atoms with Crippen LogP contribution in [0.15, 0.2) is 52.9 Å². The molecule has 0 saturated carbocycles. The van der Waals surface area contributed by atoms with Gasteiger partial charge >= 0.3 is 0 Å². The third-order valence-electron chi connectivity index (χ3n) is 3.59. The van der Waals surface area contributed by atoms with E-state index in [1.807, 2.05) is 0 Å². The number of nitro groups is 1. The lowest BCUT2D eigenvalue weighted by atomic mass is 9.93. The van der Waals surface area contributed by atoms with Gasteiger partial charge in [0.1, 0.15) is 5.84 Å². The van der Waals surface area contributed by atoms with Gasteiger partial charge in [-0.05, 0) is 12.2 Å². The van der Waals surface area contributed by atoms with Crippen LogP contribution in [-0.2, 0) is 9.53 Å². The maximum absolute atomic E-state index is 12.2. The quantitative estimate of drug-likeness (QED) is 0.681. The van der Waals surface area contributed by atoms with Crippen molar-refractivity contribution in [3.8, 4) is 0 Å². The first-order valence-corrected chi connectivity index (χ1v) is 6.67. The van der Waals surface area contributed by atoms with Gasteiger partial charge in [-0.3, -0.25) is 14.9 Å². The standard InChI is InChI=1S/C15H13N3O4/c1-22-11-5-6-13-12(8-11)15(19)17-14(16-13)9-3-2-4-10(7-9)18(20)21/h2-7,12H,8H2,1H3,(H,16,17,19). The van der Waals surface area contributed by atoms with Crippen LogP contribution in [0.2, 0.25) is 0 Å². The predicted octanol–water partition coefficient (Wildman–Crippen LogP) is 1.91.